The lowest BCUT2D eigenvalue weighted by Gasteiger charge is -2.13. The zero-order valence-corrected chi connectivity index (χ0v) is 16.7. The molecule has 0 aliphatic carbocycles. The molecular weight excluding hydrogens is 400 g/mol. The molecule has 160 valence electrons. The third kappa shape index (κ3) is 6.46. The third-order valence-corrected chi connectivity index (χ3v) is 4.36. The van der Waals surface area contributed by atoms with Crippen molar-refractivity contribution in [2.45, 2.75) is 13.0 Å². The van der Waals surface area contributed by atoms with E-state index in [4.69, 9.17) is 14.3 Å². The zero-order chi connectivity index (χ0) is 22.1. The molecule has 0 aliphatic rings. The Hall–Kier alpha value is -4.07. The number of carboxylic acids is 1. The van der Waals surface area contributed by atoms with Gasteiger partial charge >= 0.3 is 5.97 Å². The van der Waals surface area contributed by atoms with Gasteiger partial charge in [-0.15, -0.1) is 0 Å². The Kier molecular flexibility index (Phi) is 7.42. The Morgan fingerprint density at radius 3 is 2.42 bits per heavy atom. The lowest BCUT2D eigenvalue weighted by atomic mass is 10.1. The van der Waals surface area contributed by atoms with E-state index in [1.165, 1.54) is 0 Å². The molecule has 8 heteroatoms. The summed E-state index contributed by atoms with van der Waals surface area (Å²) in [6, 6.07) is 18.0. The van der Waals surface area contributed by atoms with Gasteiger partial charge in [-0.25, -0.2) is 0 Å². The van der Waals surface area contributed by atoms with Gasteiger partial charge < -0.3 is 24.9 Å². The fraction of sp³-hybridized carbons (Fsp3) is 0.174. The lowest BCUT2D eigenvalue weighted by Crippen LogP contribution is -2.29. The number of rotatable bonds is 10. The van der Waals surface area contributed by atoms with Gasteiger partial charge in [-0.3, -0.25) is 14.4 Å². The van der Waals surface area contributed by atoms with Crippen LogP contribution in [0.2, 0.25) is 0 Å². The molecule has 0 aliphatic heterocycles. The molecule has 2 aromatic carbocycles. The molecule has 1 aromatic heterocycles. The first-order valence-corrected chi connectivity index (χ1v) is 9.64. The van der Waals surface area contributed by atoms with Crippen LogP contribution in [0.5, 0.6) is 5.75 Å². The maximum Gasteiger partial charge on any atom is 0.312 e. The van der Waals surface area contributed by atoms with Crippen LogP contribution < -0.4 is 15.4 Å². The highest BCUT2D eigenvalue weighted by molar-refractivity contribution is 5.94. The molecule has 0 radical (unpaired) electrons. The van der Waals surface area contributed by atoms with Crippen molar-refractivity contribution in [1.29, 1.82) is 0 Å². The number of benzene rings is 2. The van der Waals surface area contributed by atoms with E-state index in [1.807, 2.05) is 30.3 Å². The van der Waals surface area contributed by atoms with Gasteiger partial charge in [0.05, 0.1) is 12.8 Å². The predicted molar refractivity (Wildman–Crippen MR) is 113 cm³/mol. The minimum atomic E-state index is -1.19. The van der Waals surface area contributed by atoms with Crippen LogP contribution >= 0.6 is 0 Å². The fourth-order valence-corrected chi connectivity index (χ4v) is 2.85. The molecule has 3 N–H and O–H groups in total. The number of carbonyl (C=O) groups is 3. The van der Waals surface area contributed by atoms with E-state index in [0.29, 0.717) is 11.3 Å². The number of hydrogen-bond donors (Lipinski definition) is 3. The van der Waals surface area contributed by atoms with Crippen molar-refractivity contribution >= 4 is 17.8 Å². The van der Waals surface area contributed by atoms with Gasteiger partial charge in [-0.05, 0) is 30.3 Å². The maximum absolute atomic E-state index is 12.5. The van der Waals surface area contributed by atoms with E-state index < -0.39 is 18.3 Å². The van der Waals surface area contributed by atoms with Gasteiger partial charge in [0.25, 0.3) is 5.91 Å². The van der Waals surface area contributed by atoms with Crippen molar-refractivity contribution in [3.05, 3.63) is 78.1 Å². The molecule has 0 bridgehead atoms. The SMILES string of the molecule is O=C(O)CC(=O)NCCOc1ccccc1CNC(=O)c1ccc(-c2ccco2)cc1. The number of nitrogens with one attached hydrogen (secondary N) is 2. The van der Waals surface area contributed by atoms with Crippen molar-refractivity contribution in [3.8, 4) is 17.1 Å². The van der Waals surface area contributed by atoms with Gasteiger partial charge in [-0.2, -0.15) is 0 Å². The number of ether oxygens (including phenoxy) is 1. The van der Waals surface area contributed by atoms with Crippen molar-refractivity contribution in [2.24, 2.45) is 0 Å². The Bertz CT molecular complexity index is 1030. The summed E-state index contributed by atoms with van der Waals surface area (Å²) >= 11 is 0. The summed E-state index contributed by atoms with van der Waals surface area (Å²) in [5.41, 5.74) is 2.19. The molecule has 0 fully saturated rings. The molecule has 2 amide bonds. The Morgan fingerprint density at radius 1 is 0.935 bits per heavy atom. The smallest absolute Gasteiger partial charge is 0.312 e. The van der Waals surface area contributed by atoms with Crippen molar-refractivity contribution in [1.82, 2.24) is 10.6 Å². The minimum absolute atomic E-state index is 0.171. The first kappa shape index (κ1) is 21.6. The monoisotopic (exact) mass is 422 g/mol. The standard InChI is InChI=1S/C23H22N2O6/c26-21(14-22(27)28)24-11-13-31-20-5-2-1-4-18(20)15-25-23(29)17-9-7-16(8-10-17)19-6-3-12-30-19/h1-10,12H,11,13-15H2,(H,24,26)(H,25,29)(H,27,28). The first-order chi connectivity index (χ1) is 15.0. The van der Waals surface area contributed by atoms with Crippen LogP contribution in [0.4, 0.5) is 0 Å². The highest BCUT2D eigenvalue weighted by Crippen LogP contribution is 2.20. The van der Waals surface area contributed by atoms with Crippen molar-refractivity contribution in [2.75, 3.05) is 13.2 Å². The zero-order valence-electron chi connectivity index (χ0n) is 16.7. The minimum Gasteiger partial charge on any atom is -0.491 e. The molecule has 31 heavy (non-hydrogen) atoms. The van der Waals surface area contributed by atoms with Gasteiger partial charge in [0.15, 0.2) is 0 Å². The number of carbonyl (C=O) groups excluding carboxylic acids is 2. The highest BCUT2D eigenvalue weighted by Gasteiger charge is 2.10. The molecule has 1 heterocycles. The average Bonchev–Trinajstić information content (AvgIpc) is 3.30. The summed E-state index contributed by atoms with van der Waals surface area (Å²) in [5.74, 6) is -0.674. The van der Waals surface area contributed by atoms with E-state index in [0.717, 1.165) is 16.9 Å². The van der Waals surface area contributed by atoms with Crippen LogP contribution in [0.1, 0.15) is 22.3 Å². The molecule has 0 saturated heterocycles. The Morgan fingerprint density at radius 2 is 1.71 bits per heavy atom. The van der Waals surface area contributed by atoms with E-state index in [2.05, 4.69) is 10.6 Å². The average molecular weight is 422 g/mol. The second-order valence-corrected chi connectivity index (χ2v) is 6.61. The molecule has 3 aromatic rings. The van der Waals surface area contributed by atoms with Crippen molar-refractivity contribution < 1.29 is 28.6 Å². The summed E-state index contributed by atoms with van der Waals surface area (Å²) in [7, 11) is 0. The summed E-state index contributed by atoms with van der Waals surface area (Å²) in [6.45, 7) is 0.611. The molecule has 3 rings (SSSR count). The fourth-order valence-electron chi connectivity index (χ4n) is 2.85. The molecule has 0 saturated carbocycles. The normalized spacial score (nSPS) is 10.3. The van der Waals surface area contributed by atoms with Crippen LogP contribution in [0.3, 0.4) is 0 Å². The number of aliphatic carboxylic acids is 1. The summed E-state index contributed by atoms with van der Waals surface area (Å²) in [5, 5.41) is 13.9. The highest BCUT2D eigenvalue weighted by atomic mass is 16.5. The predicted octanol–water partition coefficient (Wildman–Crippen LogP) is 2.85. The Labute approximate surface area is 178 Å². The van der Waals surface area contributed by atoms with Crippen LogP contribution in [0.25, 0.3) is 11.3 Å². The van der Waals surface area contributed by atoms with Crippen LogP contribution in [0.15, 0.2) is 71.3 Å². The number of amides is 2. The molecular formula is C23H22N2O6. The van der Waals surface area contributed by atoms with Crippen LogP contribution in [0, 0.1) is 0 Å². The molecule has 8 nitrogen and oxygen atoms in total. The maximum atomic E-state index is 12.5. The summed E-state index contributed by atoms with van der Waals surface area (Å²) < 4.78 is 11.0. The lowest BCUT2D eigenvalue weighted by molar-refractivity contribution is -0.140. The number of carboxylic acid groups (broad SMARTS) is 1. The van der Waals surface area contributed by atoms with Crippen LogP contribution in [-0.2, 0) is 16.1 Å². The van der Waals surface area contributed by atoms with Gasteiger partial charge in [-0.1, -0.05) is 30.3 Å². The quantitative estimate of drug-likeness (QED) is 0.342. The second kappa shape index (κ2) is 10.6. The summed E-state index contributed by atoms with van der Waals surface area (Å²) in [6.07, 6.45) is 1.02. The number of hydrogen-bond acceptors (Lipinski definition) is 5. The number of para-hydroxylation sites is 1. The topological polar surface area (TPSA) is 118 Å². The van der Waals surface area contributed by atoms with Crippen molar-refractivity contribution in [3.63, 3.8) is 0 Å². The second-order valence-electron chi connectivity index (χ2n) is 6.61. The van der Waals surface area contributed by atoms with Crippen LogP contribution in [-0.4, -0.2) is 36.0 Å². The number of furan rings is 1. The molecule has 0 spiro atoms. The summed E-state index contributed by atoms with van der Waals surface area (Å²) in [4.78, 5) is 34.3. The largest absolute Gasteiger partial charge is 0.491 e. The molecule has 0 atom stereocenters. The van der Waals surface area contributed by atoms with E-state index >= 15 is 0 Å². The van der Waals surface area contributed by atoms with E-state index in [1.54, 1.807) is 36.6 Å². The third-order valence-electron chi connectivity index (χ3n) is 4.36. The Balaban J connectivity index is 1.50. The molecule has 0 unspecified atom stereocenters. The van der Waals surface area contributed by atoms with E-state index in [-0.39, 0.29) is 25.6 Å². The van der Waals surface area contributed by atoms with Gasteiger partial charge in [0.2, 0.25) is 5.91 Å². The van der Waals surface area contributed by atoms with Gasteiger partial charge in [0, 0.05) is 23.2 Å². The van der Waals surface area contributed by atoms with E-state index in [9.17, 15) is 14.4 Å². The first-order valence-electron chi connectivity index (χ1n) is 9.64. The van der Waals surface area contributed by atoms with Gasteiger partial charge in [0.1, 0.15) is 24.5 Å².